The molecule has 2 aromatic rings. The van der Waals surface area contributed by atoms with Gasteiger partial charge in [-0.2, -0.15) is 5.10 Å². The van der Waals surface area contributed by atoms with Crippen molar-refractivity contribution >= 4 is 23.4 Å². The molecule has 1 N–H and O–H groups in total. The van der Waals surface area contributed by atoms with E-state index in [0.717, 1.165) is 15.1 Å². The molecule has 1 heterocycles. The topological polar surface area (TPSA) is 42.7 Å². The largest absolute Gasteiger partial charge is 0.313 e. The van der Waals surface area contributed by atoms with Crippen molar-refractivity contribution < 1.29 is 0 Å². The van der Waals surface area contributed by atoms with Crippen LogP contribution in [0.3, 0.4) is 0 Å². The molecule has 0 aliphatic carbocycles. The summed E-state index contributed by atoms with van der Waals surface area (Å²) in [5, 5.41) is 8.79. The maximum absolute atomic E-state index is 6.29. The number of nitrogens with one attached hydrogen (secondary N) is 1. The van der Waals surface area contributed by atoms with Crippen LogP contribution in [0.15, 0.2) is 34.6 Å². The van der Waals surface area contributed by atoms with Gasteiger partial charge in [-0.15, -0.1) is 0 Å². The predicted molar refractivity (Wildman–Crippen MR) is 74.1 cm³/mol. The lowest BCUT2D eigenvalue weighted by atomic mass is 10.1. The highest BCUT2D eigenvalue weighted by molar-refractivity contribution is 7.99. The summed E-state index contributed by atoms with van der Waals surface area (Å²) in [5.74, 6) is 0. The van der Waals surface area contributed by atoms with Gasteiger partial charge in [-0.25, -0.2) is 9.67 Å². The number of benzene rings is 1. The third-order valence-electron chi connectivity index (χ3n) is 2.76. The van der Waals surface area contributed by atoms with Gasteiger partial charge in [0.25, 0.3) is 0 Å². The summed E-state index contributed by atoms with van der Waals surface area (Å²) in [6, 6.07) is 6.37. The Kier molecular flexibility index (Phi) is 4.27. The van der Waals surface area contributed by atoms with Crippen LogP contribution in [0, 0.1) is 0 Å². The lowest BCUT2D eigenvalue weighted by Crippen LogP contribution is -2.12. The maximum atomic E-state index is 6.29. The summed E-state index contributed by atoms with van der Waals surface area (Å²) in [6.07, 6.45) is 1.54. The van der Waals surface area contributed by atoms with Crippen LogP contribution in [0.1, 0.15) is 18.5 Å². The molecule has 0 radical (unpaired) electrons. The highest BCUT2D eigenvalue weighted by atomic mass is 35.5. The van der Waals surface area contributed by atoms with Gasteiger partial charge in [-0.3, -0.25) is 0 Å². The fourth-order valence-corrected chi connectivity index (χ4v) is 2.59. The first kappa shape index (κ1) is 13.4. The first-order chi connectivity index (χ1) is 8.61. The van der Waals surface area contributed by atoms with Gasteiger partial charge in [-0.05, 0) is 43.4 Å². The van der Waals surface area contributed by atoms with Crippen LogP contribution in [-0.2, 0) is 7.05 Å². The molecule has 1 aromatic carbocycles. The Bertz CT molecular complexity index is 541. The molecule has 0 saturated carbocycles. The minimum absolute atomic E-state index is 0.288. The van der Waals surface area contributed by atoms with Crippen LogP contribution < -0.4 is 5.32 Å². The molecule has 1 unspecified atom stereocenters. The first-order valence-electron chi connectivity index (χ1n) is 5.60. The van der Waals surface area contributed by atoms with Crippen molar-refractivity contribution in [3.8, 4) is 0 Å². The fourth-order valence-electron chi connectivity index (χ4n) is 1.51. The van der Waals surface area contributed by atoms with E-state index in [1.807, 2.05) is 26.2 Å². The van der Waals surface area contributed by atoms with Gasteiger partial charge >= 0.3 is 0 Å². The molecule has 0 aliphatic rings. The zero-order valence-electron chi connectivity index (χ0n) is 10.5. The van der Waals surface area contributed by atoms with Crippen molar-refractivity contribution in [1.29, 1.82) is 0 Å². The summed E-state index contributed by atoms with van der Waals surface area (Å²) in [5.41, 5.74) is 1.17. The van der Waals surface area contributed by atoms with Crippen molar-refractivity contribution in [3.63, 3.8) is 0 Å². The lowest BCUT2D eigenvalue weighted by molar-refractivity contribution is 0.652. The normalized spacial score (nSPS) is 12.7. The number of hydrogen-bond acceptors (Lipinski definition) is 4. The highest BCUT2D eigenvalue weighted by Gasteiger charge is 2.10. The molecule has 0 saturated heterocycles. The summed E-state index contributed by atoms with van der Waals surface area (Å²) in [7, 11) is 3.79. The van der Waals surface area contributed by atoms with Crippen LogP contribution in [0.2, 0.25) is 5.02 Å². The van der Waals surface area contributed by atoms with E-state index < -0.39 is 0 Å². The number of rotatable bonds is 4. The average Bonchev–Trinajstić information content (AvgIpc) is 2.76. The molecule has 4 nitrogen and oxygen atoms in total. The molecular formula is C12H15ClN4S. The van der Waals surface area contributed by atoms with Gasteiger partial charge in [0.05, 0.1) is 5.02 Å². The average molecular weight is 283 g/mol. The highest BCUT2D eigenvalue weighted by Crippen LogP contribution is 2.33. The van der Waals surface area contributed by atoms with E-state index in [2.05, 4.69) is 28.4 Å². The third-order valence-corrected chi connectivity index (χ3v) is 4.31. The fraction of sp³-hybridized carbons (Fsp3) is 0.333. The van der Waals surface area contributed by atoms with Crippen molar-refractivity contribution in [2.75, 3.05) is 7.05 Å². The van der Waals surface area contributed by atoms with Crippen LogP contribution in [0.4, 0.5) is 0 Å². The predicted octanol–water partition coefficient (Wildman–Crippen LogP) is 2.90. The monoisotopic (exact) mass is 282 g/mol. The number of aryl methyl sites for hydroxylation is 1. The number of halogens is 1. The van der Waals surface area contributed by atoms with Gasteiger partial charge < -0.3 is 5.32 Å². The maximum Gasteiger partial charge on any atom is 0.190 e. The molecule has 2 rings (SSSR count). The van der Waals surface area contributed by atoms with E-state index in [1.54, 1.807) is 4.68 Å². The summed E-state index contributed by atoms with van der Waals surface area (Å²) in [4.78, 5) is 5.16. The summed E-state index contributed by atoms with van der Waals surface area (Å²) >= 11 is 7.81. The number of hydrogen-bond donors (Lipinski definition) is 1. The zero-order chi connectivity index (χ0) is 13.1. The third kappa shape index (κ3) is 2.85. The van der Waals surface area contributed by atoms with Gasteiger partial charge in [0, 0.05) is 18.0 Å². The Labute approximate surface area is 116 Å². The standard InChI is InChI=1S/C12H15ClN4S/c1-8(14-2)9-4-5-11(10(13)6-9)18-12-15-7-16-17(12)3/h4-8,14H,1-3H3. The van der Waals surface area contributed by atoms with Crippen molar-refractivity contribution in [3.05, 3.63) is 35.1 Å². The van der Waals surface area contributed by atoms with Crippen molar-refractivity contribution in [1.82, 2.24) is 20.1 Å². The smallest absolute Gasteiger partial charge is 0.190 e. The van der Waals surface area contributed by atoms with E-state index in [1.165, 1.54) is 23.7 Å². The quantitative estimate of drug-likeness (QED) is 0.936. The summed E-state index contributed by atoms with van der Waals surface area (Å²) < 4.78 is 1.73. The SMILES string of the molecule is CNC(C)c1ccc(Sc2ncnn2C)c(Cl)c1. The van der Waals surface area contributed by atoms with Crippen molar-refractivity contribution in [2.45, 2.75) is 23.0 Å². The number of aromatic nitrogens is 3. The Morgan fingerprint density at radius 1 is 1.44 bits per heavy atom. The molecule has 0 spiro atoms. The molecule has 0 aliphatic heterocycles. The molecule has 6 heteroatoms. The molecular weight excluding hydrogens is 268 g/mol. The Morgan fingerprint density at radius 2 is 2.22 bits per heavy atom. The second kappa shape index (κ2) is 5.73. The minimum Gasteiger partial charge on any atom is -0.313 e. The van der Waals surface area contributed by atoms with E-state index >= 15 is 0 Å². The summed E-state index contributed by atoms with van der Waals surface area (Å²) in [6.45, 7) is 2.10. The molecule has 1 aromatic heterocycles. The molecule has 0 amide bonds. The Hall–Kier alpha value is -1.04. The number of nitrogens with zero attached hydrogens (tertiary/aromatic N) is 3. The van der Waals surface area contributed by atoms with Crippen LogP contribution in [0.5, 0.6) is 0 Å². The van der Waals surface area contributed by atoms with Gasteiger partial charge in [0.15, 0.2) is 5.16 Å². The van der Waals surface area contributed by atoms with Gasteiger partial charge in [0.1, 0.15) is 6.33 Å². The van der Waals surface area contributed by atoms with Gasteiger partial charge in [0.2, 0.25) is 0 Å². The lowest BCUT2D eigenvalue weighted by Gasteiger charge is -2.12. The molecule has 1 atom stereocenters. The Balaban J connectivity index is 2.23. The van der Waals surface area contributed by atoms with Crippen LogP contribution in [0.25, 0.3) is 0 Å². The van der Waals surface area contributed by atoms with E-state index in [9.17, 15) is 0 Å². The molecule has 0 bridgehead atoms. The van der Waals surface area contributed by atoms with Crippen molar-refractivity contribution in [2.24, 2.45) is 7.05 Å². The van der Waals surface area contributed by atoms with Crippen LogP contribution >= 0.6 is 23.4 Å². The van der Waals surface area contributed by atoms with E-state index in [0.29, 0.717) is 0 Å². The Morgan fingerprint density at radius 3 is 2.78 bits per heavy atom. The molecule has 0 fully saturated rings. The minimum atomic E-state index is 0.288. The molecule has 18 heavy (non-hydrogen) atoms. The zero-order valence-corrected chi connectivity index (χ0v) is 12.1. The van der Waals surface area contributed by atoms with E-state index in [4.69, 9.17) is 11.6 Å². The second-order valence-electron chi connectivity index (χ2n) is 3.97. The molecule has 96 valence electrons. The van der Waals surface area contributed by atoms with Crippen LogP contribution in [-0.4, -0.2) is 21.8 Å². The second-order valence-corrected chi connectivity index (χ2v) is 5.38. The van der Waals surface area contributed by atoms with E-state index in [-0.39, 0.29) is 6.04 Å². The van der Waals surface area contributed by atoms with Gasteiger partial charge in [-0.1, -0.05) is 17.7 Å². The first-order valence-corrected chi connectivity index (χ1v) is 6.80.